The number of aliphatic hydroxyl groups is 1. The van der Waals surface area contributed by atoms with Gasteiger partial charge in [-0.15, -0.1) is 0 Å². The maximum absolute atomic E-state index is 9.37. The minimum absolute atomic E-state index is 0.304. The molecule has 0 bridgehead atoms. The van der Waals surface area contributed by atoms with Crippen molar-refractivity contribution in [1.29, 1.82) is 0 Å². The van der Waals surface area contributed by atoms with E-state index in [1.807, 2.05) is 0 Å². The molecule has 0 heterocycles. The van der Waals surface area contributed by atoms with Gasteiger partial charge in [-0.25, -0.2) is 0 Å². The molecule has 2 nitrogen and oxygen atoms in total. The first kappa shape index (κ1) is 32.7. The zero-order valence-electron chi connectivity index (χ0n) is 23.2. The molecule has 0 aliphatic heterocycles. The van der Waals surface area contributed by atoms with Crippen LogP contribution in [-0.4, -0.2) is 36.2 Å². The van der Waals surface area contributed by atoms with Gasteiger partial charge in [0.05, 0.1) is 6.61 Å². The van der Waals surface area contributed by atoms with Crippen LogP contribution in [0.5, 0.6) is 0 Å². The van der Waals surface area contributed by atoms with Gasteiger partial charge in [0.15, 0.2) is 0 Å². The Morgan fingerprint density at radius 1 is 0.485 bits per heavy atom. The number of nitrogens with zero attached hydrogens (tertiary/aromatic N) is 1. The summed E-state index contributed by atoms with van der Waals surface area (Å²) in [6.45, 7) is 12.4. The molecule has 2 heteroatoms. The highest BCUT2D eigenvalue weighted by Crippen LogP contribution is 2.17. The molecule has 0 unspecified atom stereocenters. The predicted molar refractivity (Wildman–Crippen MR) is 150 cm³/mol. The number of hydrogen-bond acceptors (Lipinski definition) is 2. The van der Waals surface area contributed by atoms with E-state index in [9.17, 15) is 5.11 Å². The van der Waals surface area contributed by atoms with Crippen molar-refractivity contribution in [2.24, 2.45) is 0 Å². The number of hydrogen-bond donors (Lipinski definition) is 1. The topological polar surface area (TPSA) is 23.5 Å². The lowest BCUT2D eigenvalue weighted by Crippen LogP contribution is -2.29. The number of rotatable bonds is 28. The summed E-state index contributed by atoms with van der Waals surface area (Å²) in [6.07, 6.45) is 31.4. The molecular formula is C31H63NO. The van der Waals surface area contributed by atoms with E-state index in [0.717, 1.165) is 6.54 Å². The summed E-state index contributed by atoms with van der Waals surface area (Å²) in [7, 11) is 0. The van der Waals surface area contributed by atoms with Crippen LogP contribution in [0.1, 0.15) is 162 Å². The maximum Gasteiger partial charge on any atom is 0.0558 e. The molecule has 0 radical (unpaired) electrons. The fourth-order valence-electron chi connectivity index (χ4n) is 4.82. The summed E-state index contributed by atoms with van der Waals surface area (Å²) in [5.74, 6) is 0. The highest BCUT2D eigenvalue weighted by molar-refractivity contribution is 4.93. The minimum atomic E-state index is 0.304. The molecule has 0 aromatic heterocycles. The molecule has 0 rings (SSSR count). The van der Waals surface area contributed by atoms with Crippen LogP contribution in [0.15, 0.2) is 12.2 Å². The van der Waals surface area contributed by atoms with Gasteiger partial charge in [0, 0.05) is 6.54 Å². The van der Waals surface area contributed by atoms with Crippen molar-refractivity contribution in [1.82, 2.24) is 4.90 Å². The Kier molecular flexibility index (Phi) is 27.6. The van der Waals surface area contributed by atoms with Crippen LogP contribution < -0.4 is 0 Å². The summed E-state index contributed by atoms with van der Waals surface area (Å²) >= 11 is 0. The summed E-state index contributed by atoms with van der Waals surface area (Å²) in [5, 5.41) is 9.37. The molecule has 0 fully saturated rings. The van der Waals surface area contributed by atoms with Gasteiger partial charge in [0.25, 0.3) is 0 Å². The molecule has 1 N–H and O–H groups in total. The van der Waals surface area contributed by atoms with E-state index >= 15 is 0 Å². The molecule has 0 aliphatic rings. The van der Waals surface area contributed by atoms with Crippen molar-refractivity contribution in [3.63, 3.8) is 0 Å². The second kappa shape index (κ2) is 27.9. The second-order valence-corrected chi connectivity index (χ2v) is 10.5. The van der Waals surface area contributed by atoms with Crippen LogP contribution >= 0.6 is 0 Å². The third kappa shape index (κ3) is 26.1. The molecular weight excluding hydrogens is 402 g/mol. The quantitative estimate of drug-likeness (QED) is 0.0917. The third-order valence-corrected chi connectivity index (χ3v) is 7.13. The lowest BCUT2D eigenvalue weighted by atomic mass is 10.0. The van der Waals surface area contributed by atoms with E-state index in [-0.39, 0.29) is 0 Å². The molecule has 198 valence electrons. The fourth-order valence-corrected chi connectivity index (χ4v) is 4.82. The lowest BCUT2D eigenvalue weighted by molar-refractivity contribution is 0.190. The van der Waals surface area contributed by atoms with Crippen LogP contribution in [0.3, 0.4) is 0 Å². The van der Waals surface area contributed by atoms with Gasteiger partial charge in [-0.1, -0.05) is 135 Å². The number of unbranched alkanes of at least 4 members (excludes halogenated alkanes) is 18. The highest BCUT2D eigenvalue weighted by atomic mass is 16.3. The van der Waals surface area contributed by atoms with E-state index in [0.29, 0.717) is 6.61 Å². The average Bonchev–Trinajstić information content (AvgIpc) is 2.81. The van der Waals surface area contributed by atoms with Gasteiger partial charge >= 0.3 is 0 Å². The van der Waals surface area contributed by atoms with Crippen LogP contribution in [0.2, 0.25) is 0 Å². The van der Waals surface area contributed by atoms with Gasteiger partial charge in [0.2, 0.25) is 0 Å². The molecule has 0 atom stereocenters. The Morgan fingerprint density at radius 3 is 1.18 bits per heavy atom. The normalized spacial score (nSPS) is 11.5. The minimum Gasteiger partial charge on any atom is -0.395 e. The van der Waals surface area contributed by atoms with Gasteiger partial charge in [-0.05, 0) is 51.6 Å². The Balaban J connectivity index is 3.48. The van der Waals surface area contributed by atoms with Gasteiger partial charge in [0.1, 0.15) is 0 Å². The molecule has 33 heavy (non-hydrogen) atoms. The second-order valence-electron chi connectivity index (χ2n) is 10.5. The maximum atomic E-state index is 9.37. The van der Waals surface area contributed by atoms with Crippen molar-refractivity contribution in [2.45, 2.75) is 162 Å². The smallest absolute Gasteiger partial charge is 0.0558 e. The zero-order chi connectivity index (χ0) is 24.2. The van der Waals surface area contributed by atoms with E-state index in [1.165, 1.54) is 166 Å². The summed E-state index contributed by atoms with van der Waals surface area (Å²) in [5.41, 5.74) is 1.49. The average molecular weight is 466 g/mol. The lowest BCUT2D eigenvalue weighted by Gasteiger charge is -2.21. The third-order valence-electron chi connectivity index (χ3n) is 7.13. The van der Waals surface area contributed by atoms with Crippen molar-refractivity contribution < 1.29 is 5.11 Å². The van der Waals surface area contributed by atoms with Crippen molar-refractivity contribution in [2.75, 3.05) is 26.2 Å². The van der Waals surface area contributed by atoms with Crippen LogP contribution in [0.4, 0.5) is 0 Å². The molecule has 0 amide bonds. The molecule has 0 saturated carbocycles. The molecule has 0 aromatic rings. The molecule has 0 saturated heterocycles. The van der Waals surface area contributed by atoms with Crippen molar-refractivity contribution in [3.8, 4) is 0 Å². The van der Waals surface area contributed by atoms with E-state index in [4.69, 9.17) is 0 Å². The standard InChI is InChI=1S/C31H63NO/c1-4-6-8-10-12-14-17-21-25-31(3)26-22-18-16-20-24-28-32(29-30-33)27-23-19-15-13-11-9-7-5-2/h33H,3-30H2,1-2H3. The monoisotopic (exact) mass is 465 g/mol. The van der Waals surface area contributed by atoms with E-state index in [1.54, 1.807) is 0 Å². The first-order valence-corrected chi connectivity index (χ1v) is 15.2. The zero-order valence-corrected chi connectivity index (χ0v) is 23.2. The molecule has 0 spiro atoms. The summed E-state index contributed by atoms with van der Waals surface area (Å²) in [6, 6.07) is 0. The van der Waals surface area contributed by atoms with E-state index < -0.39 is 0 Å². The summed E-state index contributed by atoms with van der Waals surface area (Å²) < 4.78 is 0. The largest absolute Gasteiger partial charge is 0.395 e. The van der Waals surface area contributed by atoms with Gasteiger partial charge in [-0.2, -0.15) is 0 Å². The number of allylic oxidation sites excluding steroid dienone is 1. The van der Waals surface area contributed by atoms with Crippen LogP contribution in [-0.2, 0) is 0 Å². The van der Waals surface area contributed by atoms with Gasteiger partial charge < -0.3 is 10.0 Å². The number of aliphatic hydroxyl groups excluding tert-OH is 1. The molecule has 0 aliphatic carbocycles. The van der Waals surface area contributed by atoms with Crippen molar-refractivity contribution in [3.05, 3.63) is 12.2 Å². The highest BCUT2D eigenvalue weighted by Gasteiger charge is 2.04. The predicted octanol–water partition coefficient (Wildman–Crippen LogP) is 9.85. The first-order chi connectivity index (χ1) is 16.2. The van der Waals surface area contributed by atoms with Gasteiger partial charge in [-0.3, -0.25) is 0 Å². The van der Waals surface area contributed by atoms with Crippen molar-refractivity contribution >= 4 is 0 Å². The van der Waals surface area contributed by atoms with E-state index in [2.05, 4.69) is 25.3 Å². The van der Waals surface area contributed by atoms with Crippen LogP contribution in [0.25, 0.3) is 0 Å². The van der Waals surface area contributed by atoms with Crippen LogP contribution in [0, 0.1) is 0 Å². The molecule has 0 aromatic carbocycles. The summed E-state index contributed by atoms with van der Waals surface area (Å²) in [4.78, 5) is 2.49. The Hall–Kier alpha value is -0.340. The Morgan fingerprint density at radius 2 is 0.818 bits per heavy atom. The Bertz CT molecular complexity index is 381. The Labute approximate surface area is 210 Å². The first-order valence-electron chi connectivity index (χ1n) is 15.2. The SMILES string of the molecule is C=C(CCCCCCCCCC)CCCCCCCN(CCO)CCCCCCCCCC. The fraction of sp³-hybridized carbons (Fsp3) is 0.935.